The Morgan fingerprint density at radius 3 is 2.12 bits per heavy atom. The molecule has 0 saturated heterocycles. The van der Waals surface area contributed by atoms with Crippen LogP contribution in [-0.4, -0.2) is 0 Å². The molecule has 0 saturated carbocycles. The van der Waals surface area contributed by atoms with Gasteiger partial charge in [-0.2, -0.15) is 10.5 Å². The van der Waals surface area contributed by atoms with Crippen molar-refractivity contribution in [2.24, 2.45) is 5.92 Å². The standard InChI is InChI=1S/C14H16N2/c1-12(2)8-9-14(10-15,11-16)13-6-4-3-5-7-13/h3-7,12H,8-9H2,1-2H3. The normalized spacial score (nSPS) is 10.8. The van der Waals surface area contributed by atoms with Gasteiger partial charge in [0.1, 0.15) is 0 Å². The first-order valence-electron chi connectivity index (χ1n) is 5.52. The minimum absolute atomic E-state index is 0.504. The summed E-state index contributed by atoms with van der Waals surface area (Å²) < 4.78 is 0. The Kier molecular flexibility index (Phi) is 4.09. The Bertz CT molecular complexity index is 393. The lowest BCUT2D eigenvalue weighted by atomic mass is 9.78. The van der Waals surface area contributed by atoms with Crippen molar-refractivity contribution in [1.82, 2.24) is 0 Å². The number of hydrogen-bond acceptors (Lipinski definition) is 2. The highest BCUT2D eigenvalue weighted by Gasteiger charge is 2.31. The molecule has 82 valence electrons. The maximum atomic E-state index is 9.27. The van der Waals surface area contributed by atoms with E-state index in [2.05, 4.69) is 26.0 Å². The third-order valence-corrected chi connectivity index (χ3v) is 2.74. The smallest absolute Gasteiger partial charge is 0.168 e. The second-order valence-corrected chi connectivity index (χ2v) is 4.43. The second-order valence-electron chi connectivity index (χ2n) is 4.43. The summed E-state index contributed by atoms with van der Waals surface area (Å²) in [4.78, 5) is 0. The van der Waals surface area contributed by atoms with Crippen LogP contribution < -0.4 is 0 Å². The fourth-order valence-electron chi connectivity index (χ4n) is 1.64. The third-order valence-electron chi connectivity index (χ3n) is 2.74. The van der Waals surface area contributed by atoms with Gasteiger partial charge < -0.3 is 0 Å². The predicted molar refractivity (Wildman–Crippen MR) is 63.4 cm³/mol. The Morgan fingerprint density at radius 1 is 1.12 bits per heavy atom. The van der Waals surface area contributed by atoms with Crippen molar-refractivity contribution in [1.29, 1.82) is 10.5 Å². The van der Waals surface area contributed by atoms with E-state index >= 15 is 0 Å². The molecule has 2 nitrogen and oxygen atoms in total. The average Bonchev–Trinajstić information content (AvgIpc) is 2.32. The van der Waals surface area contributed by atoms with Gasteiger partial charge in [-0.1, -0.05) is 44.2 Å². The molecule has 0 heterocycles. The van der Waals surface area contributed by atoms with Gasteiger partial charge in [-0.25, -0.2) is 0 Å². The zero-order valence-corrected chi connectivity index (χ0v) is 9.77. The molecule has 16 heavy (non-hydrogen) atoms. The van der Waals surface area contributed by atoms with Crippen LogP contribution in [0.15, 0.2) is 30.3 Å². The highest BCUT2D eigenvalue weighted by Crippen LogP contribution is 2.29. The molecule has 0 aliphatic rings. The van der Waals surface area contributed by atoms with E-state index in [4.69, 9.17) is 0 Å². The van der Waals surface area contributed by atoms with E-state index in [-0.39, 0.29) is 0 Å². The maximum absolute atomic E-state index is 9.27. The Balaban J connectivity index is 3.00. The lowest BCUT2D eigenvalue weighted by Gasteiger charge is -2.19. The number of nitriles is 2. The minimum Gasteiger partial charge on any atom is -0.196 e. The Hall–Kier alpha value is -1.80. The van der Waals surface area contributed by atoms with Crippen LogP contribution in [0, 0.1) is 28.6 Å². The first kappa shape index (κ1) is 12.3. The summed E-state index contributed by atoms with van der Waals surface area (Å²) in [6.07, 6.45) is 1.48. The number of hydrogen-bond donors (Lipinski definition) is 0. The van der Waals surface area contributed by atoms with Gasteiger partial charge in [0.25, 0.3) is 0 Å². The van der Waals surface area contributed by atoms with Crippen LogP contribution >= 0.6 is 0 Å². The molecule has 0 aliphatic carbocycles. The lowest BCUT2D eigenvalue weighted by molar-refractivity contribution is 0.494. The average molecular weight is 212 g/mol. The molecular weight excluding hydrogens is 196 g/mol. The van der Waals surface area contributed by atoms with Gasteiger partial charge in [0.2, 0.25) is 0 Å². The number of nitrogens with zero attached hydrogens (tertiary/aromatic N) is 2. The Morgan fingerprint density at radius 2 is 1.69 bits per heavy atom. The van der Waals surface area contributed by atoms with Crippen LogP contribution in [0.5, 0.6) is 0 Å². The van der Waals surface area contributed by atoms with E-state index in [1.165, 1.54) is 0 Å². The first-order chi connectivity index (χ1) is 7.64. The van der Waals surface area contributed by atoms with E-state index in [1.54, 1.807) is 0 Å². The van der Waals surface area contributed by atoms with Gasteiger partial charge in [-0.15, -0.1) is 0 Å². The highest BCUT2D eigenvalue weighted by molar-refractivity contribution is 5.39. The molecule has 1 aromatic carbocycles. The molecule has 0 fully saturated rings. The van der Waals surface area contributed by atoms with Crippen LogP contribution in [0.3, 0.4) is 0 Å². The van der Waals surface area contributed by atoms with Crippen molar-refractivity contribution in [2.75, 3.05) is 0 Å². The molecule has 0 unspecified atom stereocenters. The lowest BCUT2D eigenvalue weighted by Crippen LogP contribution is -2.22. The summed E-state index contributed by atoms with van der Waals surface area (Å²) >= 11 is 0. The fourth-order valence-corrected chi connectivity index (χ4v) is 1.64. The van der Waals surface area contributed by atoms with E-state index < -0.39 is 5.41 Å². The van der Waals surface area contributed by atoms with Crippen molar-refractivity contribution < 1.29 is 0 Å². The molecule has 0 aromatic heterocycles. The second kappa shape index (κ2) is 5.33. The van der Waals surface area contributed by atoms with Crippen LogP contribution in [-0.2, 0) is 5.41 Å². The van der Waals surface area contributed by atoms with Crippen molar-refractivity contribution in [2.45, 2.75) is 32.1 Å². The monoisotopic (exact) mass is 212 g/mol. The first-order valence-corrected chi connectivity index (χ1v) is 5.52. The highest BCUT2D eigenvalue weighted by atomic mass is 14.4. The topological polar surface area (TPSA) is 47.6 Å². The summed E-state index contributed by atoms with van der Waals surface area (Å²) in [5, 5.41) is 18.5. The van der Waals surface area contributed by atoms with Gasteiger partial charge in [0, 0.05) is 0 Å². The fraction of sp³-hybridized carbons (Fsp3) is 0.429. The quantitative estimate of drug-likeness (QED) is 0.767. The molecule has 0 N–H and O–H groups in total. The van der Waals surface area contributed by atoms with Crippen LogP contribution in [0.1, 0.15) is 32.3 Å². The van der Waals surface area contributed by atoms with E-state index in [1.807, 2.05) is 30.3 Å². The number of rotatable bonds is 4. The van der Waals surface area contributed by atoms with Gasteiger partial charge in [0.15, 0.2) is 5.41 Å². The molecular formula is C14H16N2. The van der Waals surface area contributed by atoms with E-state index in [9.17, 15) is 10.5 Å². The van der Waals surface area contributed by atoms with Gasteiger partial charge in [-0.3, -0.25) is 0 Å². The van der Waals surface area contributed by atoms with Crippen molar-refractivity contribution in [3.05, 3.63) is 35.9 Å². The van der Waals surface area contributed by atoms with Gasteiger partial charge >= 0.3 is 0 Å². The van der Waals surface area contributed by atoms with Crippen molar-refractivity contribution >= 4 is 0 Å². The van der Waals surface area contributed by atoms with Gasteiger partial charge in [-0.05, 0) is 24.3 Å². The zero-order chi connectivity index (χ0) is 12.0. The summed E-state index contributed by atoms with van der Waals surface area (Å²) in [5.74, 6) is 0.504. The molecule has 0 atom stereocenters. The molecule has 0 amide bonds. The SMILES string of the molecule is CC(C)CCC(C#N)(C#N)c1ccccc1. The molecule has 0 aliphatic heterocycles. The largest absolute Gasteiger partial charge is 0.196 e. The minimum atomic E-state index is -0.981. The summed E-state index contributed by atoms with van der Waals surface area (Å²) in [7, 11) is 0. The summed E-state index contributed by atoms with van der Waals surface area (Å²) in [6.45, 7) is 4.20. The molecule has 0 radical (unpaired) electrons. The molecule has 0 spiro atoms. The predicted octanol–water partition coefficient (Wildman–Crippen LogP) is 3.41. The molecule has 1 rings (SSSR count). The molecule has 0 bridgehead atoms. The van der Waals surface area contributed by atoms with E-state index in [0.717, 1.165) is 12.0 Å². The zero-order valence-electron chi connectivity index (χ0n) is 9.77. The summed E-state index contributed by atoms with van der Waals surface area (Å²) in [5.41, 5.74) is -0.174. The van der Waals surface area contributed by atoms with Gasteiger partial charge in [0.05, 0.1) is 12.1 Å². The third kappa shape index (κ3) is 2.61. The summed E-state index contributed by atoms with van der Waals surface area (Å²) in [6, 6.07) is 13.7. The maximum Gasteiger partial charge on any atom is 0.168 e. The van der Waals surface area contributed by atoms with Crippen LogP contribution in [0.2, 0.25) is 0 Å². The number of benzene rings is 1. The Labute approximate surface area is 97.1 Å². The van der Waals surface area contributed by atoms with Crippen molar-refractivity contribution in [3.63, 3.8) is 0 Å². The molecule has 2 heteroatoms. The van der Waals surface area contributed by atoms with E-state index in [0.29, 0.717) is 12.3 Å². The van der Waals surface area contributed by atoms with Crippen LogP contribution in [0.25, 0.3) is 0 Å². The van der Waals surface area contributed by atoms with Crippen molar-refractivity contribution in [3.8, 4) is 12.1 Å². The van der Waals surface area contributed by atoms with Crippen LogP contribution in [0.4, 0.5) is 0 Å². The molecule has 1 aromatic rings.